The van der Waals surface area contributed by atoms with Crippen molar-refractivity contribution in [1.29, 1.82) is 0 Å². The molecule has 2 N–H and O–H groups in total. The van der Waals surface area contributed by atoms with Gasteiger partial charge in [0, 0.05) is 6.92 Å². The number of nitrogens with one attached hydrogen (secondary N) is 2. The van der Waals surface area contributed by atoms with Crippen LogP contribution in [0.4, 0.5) is 0 Å². The van der Waals surface area contributed by atoms with E-state index in [1.165, 1.54) is 20.1 Å². The van der Waals surface area contributed by atoms with E-state index in [-0.39, 0.29) is 17.5 Å². The van der Waals surface area contributed by atoms with E-state index >= 15 is 0 Å². The molecule has 6 heteroatoms. The molecule has 0 aliphatic carbocycles. The van der Waals surface area contributed by atoms with Gasteiger partial charge in [0.1, 0.15) is 11.7 Å². The van der Waals surface area contributed by atoms with E-state index < -0.39 is 17.9 Å². The van der Waals surface area contributed by atoms with Gasteiger partial charge in [-0.15, -0.1) is 0 Å². The van der Waals surface area contributed by atoms with Crippen molar-refractivity contribution in [3.8, 4) is 0 Å². The first-order chi connectivity index (χ1) is 11.3. The number of carbonyl (C=O) groups excluding carboxylic acids is 3. The summed E-state index contributed by atoms with van der Waals surface area (Å²) < 4.78 is 4.72. The Morgan fingerprint density at radius 1 is 1.17 bits per heavy atom. The number of methoxy groups -OCH3 is 1. The standard InChI is InChI=1S/C18H24N2O4/c1-12(2)10-15(19-13(3)21)17(22)20-16(18(23)24-4)11-14-8-6-5-7-9-14/h5-9,11-12,15H,10H2,1-4H3,(H,19,21)(H,20,22)/b16-11+/t15-/m0/s1. The van der Waals surface area contributed by atoms with Gasteiger partial charge in [-0.1, -0.05) is 44.2 Å². The summed E-state index contributed by atoms with van der Waals surface area (Å²) in [4.78, 5) is 35.7. The van der Waals surface area contributed by atoms with Crippen LogP contribution in [-0.2, 0) is 19.1 Å². The summed E-state index contributed by atoms with van der Waals surface area (Å²) in [7, 11) is 1.24. The van der Waals surface area contributed by atoms with Gasteiger partial charge in [0.25, 0.3) is 0 Å². The molecule has 0 fully saturated rings. The van der Waals surface area contributed by atoms with Crippen molar-refractivity contribution in [3.05, 3.63) is 41.6 Å². The van der Waals surface area contributed by atoms with E-state index in [0.717, 1.165) is 5.56 Å². The number of esters is 1. The van der Waals surface area contributed by atoms with Crippen molar-refractivity contribution in [1.82, 2.24) is 10.6 Å². The number of benzene rings is 1. The normalized spacial score (nSPS) is 12.5. The summed E-state index contributed by atoms with van der Waals surface area (Å²) in [6, 6.07) is 8.38. The molecule has 0 radical (unpaired) electrons. The number of hydrogen-bond acceptors (Lipinski definition) is 4. The summed E-state index contributed by atoms with van der Waals surface area (Å²) in [6.07, 6.45) is 2.00. The molecule has 24 heavy (non-hydrogen) atoms. The number of hydrogen-bond donors (Lipinski definition) is 2. The van der Waals surface area contributed by atoms with Crippen molar-refractivity contribution >= 4 is 23.9 Å². The zero-order valence-corrected chi connectivity index (χ0v) is 14.5. The van der Waals surface area contributed by atoms with E-state index in [1.54, 1.807) is 12.1 Å². The predicted molar refractivity (Wildman–Crippen MR) is 91.6 cm³/mol. The second-order valence-corrected chi connectivity index (χ2v) is 5.83. The van der Waals surface area contributed by atoms with E-state index in [9.17, 15) is 14.4 Å². The average Bonchev–Trinajstić information content (AvgIpc) is 2.52. The molecule has 0 unspecified atom stereocenters. The molecule has 0 aromatic heterocycles. The average molecular weight is 332 g/mol. The van der Waals surface area contributed by atoms with Gasteiger partial charge in [0.15, 0.2) is 0 Å². The molecule has 2 amide bonds. The topological polar surface area (TPSA) is 84.5 Å². The lowest BCUT2D eigenvalue weighted by Crippen LogP contribution is -2.47. The number of ether oxygens (including phenoxy) is 1. The molecule has 0 saturated carbocycles. The Labute approximate surface area is 142 Å². The van der Waals surface area contributed by atoms with E-state index in [0.29, 0.717) is 6.42 Å². The van der Waals surface area contributed by atoms with Crippen molar-refractivity contribution in [2.75, 3.05) is 7.11 Å². The van der Waals surface area contributed by atoms with Gasteiger partial charge in [-0.3, -0.25) is 9.59 Å². The molecular weight excluding hydrogens is 308 g/mol. The highest BCUT2D eigenvalue weighted by atomic mass is 16.5. The second-order valence-electron chi connectivity index (χ2n) is 5.83. The molecule has 0 spiro atoms. The second kappa shape index (κ2) is 9.50. The number of amides is 2. The molecular formula is C18H24N2O4. The van der Waals surface area contributed by atoms with Gasteiger partial charge in [0.2, 0.25) is 11.8 Å². The lowest BCUT2D eigenvalue weighted by atomic mass is 10.0. The summed E-state index contributed by atoms with van der Waals surface area (Å²) in [6.45, 7) is 5.24. The maximum atomic E-state index is 12.5. The minimum Gasteiger partial charge on any atom is -0.464 e. The largest absolute Gasteiger partial charge is 0.464 e. The lowest BCUT2D eigenvalue weighted by Gasteiger charge is -2.20. The Morgan fingerprint density at radius 3 is 2.29 bits per heavy atom. The van der Waals surface area contributed by atoms with E-state index in [2.05, 4.69) is 10.6 Å². The van der Waals surface area contributed by atoms with Crippen LogP contribution >= 0.6 is 0 Å². The van der Waals surface area contributed by atoms with Crippen LogP contribution in [0.15, 0.2) is 36.0 Å². The minimum atomic E-state index is -0.716. The first-order valence-corrected chi connectivity index (χ1v) is 7.76. The van der Waals surface area contributed by atoms with Crippen molar-refractivity contribution in [3.63, 3.8) is 0 Å². The smallest absolute Gasteiger partial charge is 0.354 e. The molecule has 0 heterocycles. The van der Waals surface area contributed by atoms with Crippen LogP contribution in [0.25, 0.3) is 6.08 Å². The van der Waals surface area contributed by atoms with Crippen LogP contribution in [-0.4, -0.2) is 30.9 Å². The Hall–Kier alpha value is -2.63. The lowest BCUT2D eigenvalue weighted by molar-refractivity contribution is -0.138. The fraction of sp³-hybridized carbons (Fsp3) is 0.389. The molecule has 1 rings (SSSR count). The van der Waals surface area contributed by atoms with Gasteiger partial charge in [-0.2, -0.15) is 0 Å². The van der Waals surface area contributed by atoms with E-state index in [4.69, 9.17) is 4.74 Å². The first-order valence-electron chi connectivity index (χ1n) is 7.76. The Bertz CT molecular complexity index is 609. The molecule has 0 saturated heterocycles. The van der Waals surface area contributed by atoms with Crippen LogP contribution < -0.4 is 10.6 Å². The maximum Gasteiger partial charge on any atom is 0.354 e. The minimum absolute atomic E-state index is 0.0211. The third-order valence-corrected chi connectivity index (χ3v) is 3.17. The van der Waals surface area contributed by atoms with Gasteiger partial charge in [-0.05, 0) is 24.0 Å². The Kier molecular flexibility index (Phi) is 7.68. The monoisotopic (exact) mass is 332 g/mol. The summed E-state index contributed by atoms with van der Waals surface area (Å²) in [5.41, 5.74) is 0.769. The summed E-state index contributed by atoms with van der Waals surface area (Å²) >= 11 is 0. The van der Waals surface area contributed by atoms with Gasteiger partial charge < -0.3 is 15.4 Å². The molecule has 0 aliphatic heterocycles. The quantitative estimate of drug-likeness (QED) is 0.590. The van der Waals surface area contributed by atoms with Crippen LogP contribution in [0.5, 0.6) is 0 Å². The van der Waals surface area contributed by atoms with Crippen LogP contribution in [0.2, 0.25) is 0 Å². The predicted octanol–water partition coefficient (Wildman–Crippen LogP) is 1.87. The molecule has 0 bridgehead atoms. The molecule has 1 aromatic carbocycles. The zero-order valence-electron chi connectivity index (χ0n) is 14.5. The SMILES string of the molecule is COC(=O)/C(=C\c1ccccc1)NC(=O)[C@H](CC(C)C)NC(C)=O. The highest BCUT2D eigenvalue weighted by molar-refractivity contribution is 5.99. The van der Waals surface area contributed by atoms with Crippen molar-refractivity contribution < 1.29 is 19.1 Å². The van der Waals surface area contributed by atoms with Gasteiger partial charge in [0.05, 0.1) is 7.11 Å². The van der Waals surface area contributed by atoms with Crippen LogP contribution in [0.3, 0.4) is 0 Å². The molecule has 1 atom stereocenters. The van der Waals surface area contributed by atoms with Crippen LogP contribution in [0, 0.1) is 5.92 Å². The Balaban J connectivity index is 2.99. The fourth-order valence-corrected chi connectivity index (χ4v) is 2.14. The highest BCUT2D eigenvalue weighted by Crippen LogP contribution is 2.09. The van der Waals surface area contributed by atoms with Crippen molar-refractivity contribution in [2.24, 2.45) is 5.92 Å². The molecule has 130 valence electrons. The number of rotatable bonds is 7. The third kappa shape index (κ3) is 6.64. The highest BCUT2D eigenvalue weighted by Gasteiger charge is 2.23. The van der Waals surface area contributed by atoms with Crippen molar-refractivity contribution in [2.45, 2.75) is 33.2 Å². The third-order valence-electron chi connectivity index (χ3n) is 3.17. The summed E-state index contributed by atoms with van der Waals surface area (Å²) in [5.74, 6) is -1.21. The first kappa shape index (κ1) is 19.4. The molecule has 6 nitrogen and oxygen atoms in total. The molecule has 0 aliphatic rings. The summed E-state index contributed by atoms with van der Waals surface area (Å²) in [5, 5.41) is 5.17. The van der Waals surface area contributed by atoms with Gasteiger partial charge >= 0.3 is 5.97 Å². The van der Waals surface area contributed by atoms with E-state index in [1.807, 2.05) is 32.0 Å². The molecule has 1 aromatic rings. The fourth-order valence-electron chi connectivity index (χ4n) is 2.14. The number of carbonyl (C=O) groups is 3. The van der Waals surface area contributed by atoms with Gasteiger partial charge in [-0.25, -0.2) is 4.79 Å². The Morgan fingerprint density at radius 2 is 1.79 bits per heavy atom. The maximum absolute atomic E-state index is 12.5. The van der Waals surface area contributed by atoms with Crippen LogP contribution in [0.1, 0.15) is 32.8 Å². The zero-order chi connectivity index (χ0) is 18.1.